The van der Waals surface area contributed by atoms with Gasteiger partial charge in [-0.05, 0) is 26.7 Å². The number of rotatable bonds is 4. The third-order valence-electron chi connectivity index (χ3n) is 3.29. The number of nitrogens with zero attached hydrogens (tertiary/aromatic N) is 2. The van der Waals surface area contributed by atoms with E-state index in [1.165, 1.54) is 25.7 Å². The number of ether oxygens (including phenoxy) is 1. The number of H-pyrrole nitrogens is 1. The normalized spacial score (nSPS) is 18.2. The lowest BCUT2D eigenvalue weighted by Crippen LogP contribution is -2.14. The summed E-state index contributed by atoms with van der Waals surface area (Å²) >= 11 is 0. The summed E-state index contributed by atoms with van der Waals surface area (Å²) in [6.07, 6.45) is 4.85. The van der Waals surface area contributed by atoms with Gasteiger partial charge >= 0.3 is 5.97 Å². The van der Waals surface area contributed by atoms with Gasteiger partial charge in [0, 0.05) is 5.92 Å². The summed E-state index contributed by atoms with van der Waals surface area (Å²) in [7, 11) is 0. The highest BCUT2D eigenvalue weighted by Gasteiger charge is 2.25. The molecule has 1 unspecified atom stereocenters. The summed E-state index contributed by atoms with van der Waals surface area (Å²) in [6.45, 7) is 3.97. The molecular formula is C12H19N3O2. The van der Waals surface area contributed by atoms with Crippen LogP contribution in [0, 0.1) is 0 Å². The highest BCUT2D eigenvalue weighted by molar-refractivity contribution is 5.76. The summed E-state index contributed by atoms with van der Waals surface area (Å²) in [4.78, 5) is 16.0. The van der Waals surface area contributed by atoms with Crippen molar-refractivity contribution in [2.24, 2.45) is 0 Å². The summed E-state index contributed by atoms with van der Waals surface area (Å²) in [5.41, 5.74) is 0. The average Bonchev–Trinajstić information content (AvgIpc) is 2.98. The first-order valence-electron chi connectivity index (χ1n) is 6.31. The van der Waals surface area contributed by atoms with Crippen LogP contribution in [0.4, 0.5) is 0 Å². The van der Waals surface area contributed by atoms with E-state index in [0.717, 1.165) is 5.82 Å². The van der Waals surface area contributed by atoms with E-state index in [2.05, 4.69) is 15.2 Å². The van der Waals surface area contributed by atoms with Crippen LogP contribution in [0.3, 0.4) is 0 Å². The molecule has 5 nitrogen and oxygen atoms in total. The summed E-state index contributed by atoms with van der Waals surface area (Å²) < 4.78 is 4.96. The Hall–Kier alpha value is -1.39. The number of hydrogen-bond acceptors (Lipinski definition) is 4. The minimum atomic E-state index is -0.388. The Morgan fingerprint density at radius 1 is 1.53 bits per heavy atom. The van der Waals surface area contributed by atoms with Gasteiger partial charge in [-0.25, -0.2) is 4.98 Å². The predicted molar refractivity (Wildman–Crippen MR) is 62.6 cm³/mol. The van der Waals surface area contributed by atoms with Crippen molar-refractivity contribution in [1.29, 1.82) is 0 Å². The second-order valence-electron chi connectivity index (χ2n) is 4.53. The molecule has 0 radical (unpaired) electrons. The predicted octanol–water partition coefficient (Wildman–Crippen LogP) is 2.13. The molecule has 1 aromatic heterocycles. The molecule has 1 aliphatic rings. The van der Waals surface area contributed by atoms with Crippen LogP contribution in [0.25, 0.3) is 0 Å². The van der Waals surface area contributed by atoms with Crippen molar-refractivity contribution < 1.29 is 9.53 Å². The first kappa shape index (κ1) is 12.1. The van der Waals surface area contributed by atoms with Crippen molar-refractivity contribution in [1.82, 2.24) is 15.2 Å². The monoisotopic (exact) mass is 237 g/mol. The molecule has 2 rings (SSSR count). The lowest BCUT2D eigenvalue weighted by Gasteiger charge is -2.06. The zero-order chi connectivity index (χ0) is 12.3. The standard InChI is InChI=1S/C12H19N3O2/c1-3-17-12(16)8(2)10-13-11(15-14-10)9-6-4-5-7-9/h8-9H,3-7H2,1-2H3,(H,13,14,15). The van der Waals surface area contributed by atoms with Gasteiger partial charge in [-0.15, -0.1) is 0 Å². The molecule has 1 aliphatic carbocycles. The molecule has 5 heteroatoms. The number of hydrogen-bond donors (Lipinski definition) is 1. The topological polar surface area (TPSA) is 67.9 Å². The largest absolute Gasteiger partial charge is 0.465 e. The second-order valence-corrected chi connectivity index (χ2v) is 4.53. The van der Waals surface area contributed by atoms with Gasteiger partial charge in [0.1, 0.15) is 11.7 Å². The lowest BCUT2D eigenvalue weighted by atomic mass is 10.1. The Bertz CT molecular complexity index is 383. The minimum Gasteiger partial charge on any atom is -0.465 e. The van der Waals surface area contributed by atoms with Crippen LogP contribution in [-0.4, -0.2) is 27.8 Å². The van der Waals surface area contributed by atoms with E-state index >= 15 is 0 Å². The van der Waals surface area contributed by atoms with Gasteiger partial charge in [0.2, 0.25) is 0 Å². The summed E-state index contributed by atoms with van der Waals surface area (Å²) in [5, 5.41) is 7.08. The van der Waals surface area contributed by atoms with Crippen LogP contribution in [0.5, 0.6) is 0 Å². The smallest absolute Gasteiger partial charge is 0.316 e. The molecule has 0 spiro atoms. The Morgan fingerprint density at radius 2 is 2.24 bits per heavy atom. The maximum atomic E-state index is 11.6. The highest BCUT2D eigenvalue weighted by atomic mass is 16.5. The molecule has 1 saturated carbocycles. The SMILES string of the molecule is CCOC(=O)C(C)c1n[nH]c(C2CCCC2)n1. The number of nitrogens with one attached hydrogen (secondary N) is 1. The number of aromatic nitrogens is 3. The van der Waals surface area contributed by atoms with Crippen molar-refractivity contribution in [3.63, 3.8) is 0 Å². The molecule has 0 amide bonds. The molecule has 0 bridgehead atoms. The molecule has 1 heterocycles. The van der Waals surface area contributed by atoms with Crippen molar-refractivity contribution in [3.05, 3.63) is 11.6 Å². The van der Waals surface area contributed by atoms with Gasteiger partial charge in [0.25, 0.3) is 0 Å². The summed E-state index contributed by atoms with van der Waals surface area (Å²) in [5.74, 6) is 1.32. The Labute approximate surface area is 101 Å². The Balaban J connectivity index is 2.04. The molecule has 0 aromatic carbocycles. The molecule has 94 valence electrons. The molecular weight excluding hydrogens is 218 g/mol. The van der Waals surface area contributed by atoms with Gasteiger partial charge in [0.05, 0.1) is 6.61 Å². The van der Waals surface area contributed by atoms with Crippen molar-refractivity contribution in [2.75, 3.05) is 6.61 Å². The number of esters is 1. The third-order valence-corrected chi connectivity index (χ3v) is 3.29. The Morgan fingerprint density at radius 3 is 2.88 bits per heavy atom. The average molecular weight is 237 g/mol. The molecule has 1 atom stereocenters. The number of aromatic amines is 1. The van der Waals surface area contributed by atoms with Crippen LogP contribution in [0.15, 0.2) is 0 Å². The van der Waals surface area contributed by atoms with Gasteiger partial charge in [-0.3, -0.25) is 9.89 Å². The maximum absolute atomic E-state index is 11.6. The van der Waals surface area contributed by atoms with E-state index < -0.39 is 0 Å². The van der Waals surface area contributed by atoms with E-state index in [-0.39, 0.29) is 11.9 Å². The van der Waals surface area contributed by atoms with Crippen LogP contribution >= 0.6 is 0 Å². The maximum Gasteiger partial charge on any atom is 0.316 e. The van der Waals surface area contributed by atoms with Crippen LogP contribution < -0.4 is 0 Å². The lowest BCUT2D eigenvalue weighted by molar-refractivity contribution is -0.144. The zero-order valence-corrected chi connectivity index (χ0v) is 10.4. The fourth-order valence-corrected chi connectivity index (χ4v) is 2.24. The van der Waals surface area contributed by atoms with Gasteiger partial charge < -0.3 is 4.74 Å². The Kier molecular flexibility index (Phi) is 3.76. The van der Waals surface area contributed by atoms with Crippen LogP contribution in [0.1, 0.15) is 63.0 Å². The van der Waals surface area contributed by atoms with E-state index in [1.54, 1.807) is 13.8 Å². The molecule has 0 aliphatic heterocycles. The quantitative estimate of drug-likeness (QED) is 0.814. The van der Waals surface area contributed by atoms with Crippen LogP contribution in [-0.2, 0) is 9.53 Å². The molecule has 1 fully saturated rings. The third kappa shape index (κ3) is 2.65. The first-order valence-corrected chi connectivity index (χ1v) is 6.31. The highest BCUT2D eigenvalue weighted by Crippen LogP contribution is 2.32. The zero-order valence-electron chi connectivity index (χ0n) is 10.4. The fraction of sp³-hybridized carbons (Fsp3) is 0.750. The van der Waals surface area contributed by atoms with E-state index in [9.17, 15) is 4.79 Å². The molecule has 0 saturated heterocycles. The van der Waals surface area contributed by atoms with Crippen molar-refractivity contribution in [3.8, 4) is 0 Å². The summed E-state index contributed by atoms with van der Waals surface area (Å²) in [6, 6.07) is 0. The van der Waals surface area contributed by atoms with E-state index in [1.807, 2.05) is 0 Å². The first-order chi connectivity index (χ1) is 8.22. The van der Waals surface area contributed by atoms with E-state index in [4.69, 9.17) is 4.74 Å². The van der Waals surface area contributed by atoms with Crippen molar-refractivity contribution in [2.45, 2.75) is 51.4 Å². The molecule has 1 N–H and O–H groups in total. The van der Waals surface area contributed by atoms with Crippen molar-refractivity contribution >= 4 is 5.97 Å². The van der Waals surface area contributed by atoms with Crippen LogP contribution in [0.2, 0.25) is 0 Å². The van der Waals surface area contributed by atoms with Gasteiger partial charge in [-0.2, -0.15) is 5.10 Å². The number of carbonyl (C=O) groups excluding carboxylic acids is 1. The van der Waals surface area contributed by atoms with E-state index in [0.29, 0.717) is 18.3 Å². The van der Waals surface area contributed by atoms with Gasteiger partial charge in [-0.1, -0.05) is 12.8 Å². The number of carbonyl (C=O) groups is 1. The minimum absolute atomic E-state index is 0.260. The van der Waals surface area contributed by atoms with Gasteiger partial charge in [0.15, 0.2) is 5.82 Å². The second kappa shape index (κ2) is 5.29. The fourth-order valence-electron chi connectivity index (χ4n) is 2.24. The molecule has 17 heavy (non-hydrogen) atoms. The molecule has 1 aromatic rings.